The molecule has 1 aromatic carbocycles. The van der Waals surface area contributed by atoms with Crippen molar-refractivity contribution in [3.8, 4) is 11.3 Å². The number of halogens is 3. The van der Waals surface area contributed by atoms with Crippen LogP contribution >= 0.6 is 0 Å². The number of aromatic nitrogens is 3. The lowest BCUT2D eigenvalue weighted by atomic mass is 9.94. The first-order valence-electron chi connectivity index (χ1n) is 11.4. The van der Waals surface area contributed by atoms with Crippen molar-refractivity contribution in [1.82, 2.24) is 25.2 Å². The van der Waals surface area contributed by atoms with Crippen molar-refractivity contribution < 1.29 is 18.0 Å². The van der Waals surface area contributed by atoms with Crippen molar-refractivity contribution in [2.75, 3.05) is 19.6 Å². The predicted octanol–water partition coefficient (Wildman–Crippen LogP) is 3.96. The van der Waals surface area contributed by atoms with E-state index in [1.54, 1.807) is 17.8 Å². The summed E-state index contributed by atoms with van der Waals surface area (Å²) in [5, 5.41) is 10.9. The molecule has 1 saturated carbocycles. The Balaban J connectivity index is 1.38. The van der Waals surface area contributed by atoms with Gasteiger partial charge in [-0.2, -0.15) is 13.2 Å². The van der Waals surface area contributed by atoms with Gasteiger partial charge in [-0.15, -0.1) is 5.10 Å². The van der Waals surface area contributed by atoms with E-state index in [0.717, 1.165) is 22.4 Å². The molecule has 1 aliphatic heterocycles. The fourth-order valence-electron chi connectivity index (χ4n) is 4.40. The average molecular weight is 475 g/mol. The fraction of sp³-hybridized carbons (Fsp3) is 0.500. The topological polar surface area (TPSA) is 75.4 Å². The van der Waals surface area contributed by atoms with Gasteiger partial charge in [0.25, 0.3) is 0 Å². The highest BCUT2D eigenvalue weighted by Gasteiger charge is 2.63. The van der Waals surface area contributed by atoms with E-state index in [2.05, 4.69) is 27.3 Å². The largest absolute Gasteiger partial charge is 0.395 e. The third-order valence-electron chi connectivity index (χ3n) is 6.83. The molecule has 2 heterocycles. The molecule has 0 spiro atoms. The minimum atomic E-state index is -4.15. The van der Waals surface area contributed by atoms with E-state index < -0.39 is 11.6 Å². The van der Waals surface area contributed by atoms with Gasteiger partial charge < -0.3 is 10.2 Å². The molecule has 7 nitrogen and oxygen atoms in total. The van der Waals surface area contributed by atoms with Crippen LogP contribution in [0.15, 0.2) is 35.2 Å². The third-order valence-corrected chi connectivity index (χ3v) is 6.83. The zero-order valence-corrected chi connectivity index (χ0v) is 19.4. The van der Waals surface area contributed by atoms with Crippen molar-refractivity contribution in [2.45, 2.75) is 38.8 Å². The Morgan fingerprint density at radius 3 is 2.59 bits per heavy atom. The lowest BCUT2D eigenvalue weighted by Crippen LogP contribution is -2.44. The van der Waals surface area contributed by atoms with Crippen LogP contribution in [0, 0.1) is 18.3 Å². The Morgan fingerprint density at radius 1 is 1.32 bits per heavy atom. The van der Waals surface area contributed by atoms with Gasteiger partial charge in [-0.25, -0.2) is 4.99 Å². The summed E-state index contributed by atoms with van der Waals surface area (Å²) in [7, 11) is 1.80. The van der Waals surface area contributed by atoms with Gasteiger partial charge in [0, 0.05) is 25.1 Å². The summed E-state index contributed by atoms with van der Waals surface area (Å²) in [4.78, 5) is 18.7. The maximum absolute atomic E-state index is 13.2. The van der Waals surface area contributed by atoms with Crippen molar-refractivity contribution in [3.63, 3.8) is 0 Å². The number of benzene rings is 1. The van der Waals surface area contributed by atoms with Gasteiger partial charge in [0.2, 0.25) is 5.91 Å². The summed E-state index contributed by atoms with van der Waals surface area (Å²) in [6.07, 6.45) is 0.866. The number of hydrogen-bond donors (Lipinski definition) is 1. The molecule has 0 bridgehead atoms. The van der Waals surface area contributed by atoms with Crippen molar-refractivity contribution in [2.24, 2.45) is 23.4 Å². The van der Waals surface area contributed by atoms with Crippen LogP contribution in [0.25, 0.3) is 17.3 Å². The number of alkyl halides is 3. The number of amides is 1. The molecular formula is C24H29F3N6O. The highest BCUT2D eigenvalue weighted by Crippen LogP contribution is 2.58. The third kappa shape index (κ3) is 5.22. The second-order valence-corrected chi connectivity index (χ2v) is 9.35. The number of aryl methyl sites for hydroxylation is 2. The van der Waals surface area contributed by atoms with Gasteiger partial charge in [0.05, 0.1) is 11.6 Å². The van der Waals surface area contributed by atoms with E-state index in [9.17, 15) is 18.0 Å². The maximum Gasteiger partial charge on any atom is 0.395 e. The molecule has 2 fully saturated rings. The zero-order valence-electron chi connectivity index (χ0n) is 19.4. The summed E-state index contributed by atoms with van der Waals surface area (Å²) < 4.78 is 41.4. The Hall–Kier alpha value is -3.01. The minimum absolute atomic E-state index is 0.0333. The molecule has 34 heavy (non-hydrogen) atoms. The van der Waals surface area contributed by atoms with Gasteiger partial charge >= 0.3 is 6.18 Å². The predicted molar refractivity (Wildman–Crippen MR) is 124 cm³/mol. The number of piperidine rings is 1. The Morgan fingerprint density at radius 2 is 2.03 bits per heavy atom. The van der Waals surface area contributed by atoms with E-state index in [1.807, 2.05) is 36.2 Å². The second kappa shape index (κ2) is 9.32. The van der Waals surface area contributed by atoms with E-state index in [1.165, 1.54) is 0 Å². The first-order valence-corrected chi connectivity index (χ1v) is 11.4. The van der Waals surface area contributed by atoms with Crippen LogP contribution in [0.2, 0.25) is 0 Å². The van der Waals surface area contributed by atoms with Gasteiger partial charge in [0.1, 0.15) is 11.5 Å². The minimum Gasteiger partial charge on any atom is -0.310 e. The van der Waals surface area contributed by atoms with Crippen LogP contribution in [0.3, 0.4) is 0 Å². The first-order chi connectivity index (χ1) is 16.1. The summed E-state index contributed by atoms with van der Waals surface area (Å²) in [5.74, 6) is -0.117. The average Bonchev–Trinajstić information content (AvgIpc) is 3.47. The molecule has 2 aliphatic rings. The second-order valence-electron chi connectivity index (χ2n) is 9.35. The van der Waals surface area contributed by atoms with Crippen molar-refractivity contribution in [1.29, 1.82) is 0 Å². The van der Waals surface area contributed by atoms with Crippen LogP contribution in [0.1, 0.15) is 36.8 Å². The van der Waals surface area contributed by atoms with Gasteiger partial charge in [-0.3, -0.25) is 9.48 Å². The first kappa shape index (κ1) is 24.1. The molecule has 1 N–H and O–H groups in total. The number of likely N-dealkylation sites (tertiary alicyclic amines) is 1. The summed E-state index contributed by atoms with van der Waals surface area (Å²) in [6, 6.07) is 5.86. The lowest BCUT2D eigenvalue weighted by molar-refractivity contribution is -0.192. The highest BCUT2D eigenvalue weighted by atomic mass is 19.4. The van der Waals surface area contributed by atoms with Gasteiger partial charge in [0.15, 0.2) is 0 Å². The Bertz CT molecular complexity index is 1090. The number of nitrogens with one attached hydrogen (secondary N) is 1. The number of aliphatic imine (C=N–C) groups is 1. The summed E-state index contributed by atoms with van der Waals surface area (Å²) in [5.41, 5.74) is 1.94. The smallest absolute Gasteiger partial charge is 0.310 e. The van der Waals surface area contributed by atoms with Crippen LogP contribution in [0.4, 0.5) is 13.2 Å². The van der Waals surface area contributed by atoms with Gasteiger partial charge in [-0.1, -0.05) is 17.3 Å². The number of rotatable bonds is 7. The van der Waals surface area contributed by atoms with E-state index in [-0.39, 0.29) is 31.2 Å². The fourth-order valence-corrected chi connectivity index (χ4v) is 4.40. The molecule has 10 heteroatoms. The quantitative estimate of drug-likeness (QED) is 0.617. The molecule has 1 amide bonds. The molecule has 1 saturated heterocycles. The summed E-state index contributed by atoms with van der Waals surface area (Å²) >= 11 is 0. The molecular weight excluding hydrogens is 445 g/mol. The molecule has 4 rings (SSSR count). The number of hydrogen-bond acceptors (Lipinski definition) is 5. The lowest BCUT2D eigenvalue weighted by Gasteiger charge is -2.34. The number of carbonyl (C=O) groups is 1. The Labute approximate surface area is 196 Å². The molecule has 0 atom stereocenters. The summed E-state index contributed by atoms with van der Waals surface area (Å²) in [6.45, 7) is 6.53. The number of nitrogens with zero attached hydrogens (tertiary/aromatic N) is 5. The van der Waals surface area contributed by atoms with E-state index in [0.29, 0.717) is 31.8 Å². The molecule has 1 aromatic heterocycles. The number of carbonyl (C=O) groups excluding carboxylic acids is 1. The zero-order chi connectivity index (χ0) is 24.5. The van der Waals surface area contributed by atoms with Crippen molar-refractivity contribution >= 4 is 18.7 Å². The highest BCUT2D eigenvalue weighted by molar-refractivity contribution is 5.82. The van der Waals surface area contributed by atoms with Crippen LogP contribution in [-0.4, -0.2) is 58.3 Å². The molecule has 0 unspecified atom stereocenters. The normalized spacial score (nSPS) is 19.1. The maximum atomic E-state index is 13.2. The van der Waals surface area contributed by atoms with Crippen LogP contribution in [-0.2, 0) is 11.8 Å². The standard InChI is InChI=1S/C24H29F3N6O/c1-16-4-5-18(20-14-32(3)31-30-20)12-19(16)13-21(28-2)29-22(34)17-6-10-33(11-7-17)15-23(8-9-23)24(25,26)27/h4-5,12-14,17H,2,6-11,15H2,1,3H3,(H,29,34)/b21-13+. The molecule has 1 aliphatic carbocycles. The molecule has 182 valence electrons. The monoisotopic (exact) mass is 474 g/mol. The molecule has 2 aromatic rings. The SMILES string of the molecule is C=N/C(=C\c1cc(-c2cn(C)nn2)ccc1C)NC(=O)C1CCN(CC2(C(F)(F)F)CC2)CC1. The molecule has 0 radical (unpaired) electrons. The Kier molecular flexibility index (Phi) is 6.62. The van der Waals surface area contributed by atoms with E-state index in [4.69, 9.17) is 0 Å². The van der Waals surface area contributed by atoms with E-state index >= 15 is 0 Å². The van der Waals surface area contributed by atoms with Crippen LogP contribution in [0.5, 0.6) is 0 Å². The van der Waals surface area contributed by atoms with Crippen molar-refractivity contribution in [3.05, 3.63) is 41.3 Å². The van der Waals surface area contributed by atoms with Gasteiger partial charge in [-0.05, 0) is 75.7 Å². The van der Waals surface area contributed by atoms with Crippen LogP contribution < -0.4 is 5.32 Å².